The van der Waals surface area contributed by atoms with Crippen LogP contribution in [0.25, 0.3) is 5.82 Å². The monoisotopic (exact) mass is 510 g/mol. The zero-order valence-electron chi connectivity index (χ0n) is 19.3. The standard InChI is InChI=1S/C22H17F3N10O2/c1-11-4-3-5-28-19(11)35-16(8-14(31-35)10-34-21(22(23,24)25)30-32-33-34)20(37)29-17-12(2)6-13(9-26)7-15(17)18(27)36/h3-8H,10H2,1-2H3,(H2,27,36)(H,29,37). The van der Waals surface area contributed by atoms with Crippen molar-refractivity contribution >= 4 is 17.5 Å². The van der Waals surface area contributed by atoms with E-state index in [0.29, 0.717) is 15.8 Å². The van der Waals surface area contributed by atoms with Crippen LogP contribution in [0.2, 0.25) is 0 Å². The third-order valence-corrected chi connectivity index (χ3v) is 5.24. The summed E-state index contributed by atoms with van der Waals surface area (Å²) in [6.45, 7) is 2.79. The maximum Gasteiger partial charge on any atom is 0.453 e. The Morgan fingerprint density at radius 2 is 1.95 bits per heavy atom. The lowest BCUT2D eigenvalue weighted by molar-refractivity contribution is -0.147. The molecule has 1 aromatic carbocycles. The van der Waals surface area contributed by atoms with Crippen LogP contribution in [0.4, 0.5) is 18.9 Å². The number of rotatable bonds is 6. The molecule has 4 rings (SSSR count). The van der Waals surface area contributed by atoms with E-state index >= 15 is 0 Å². The molecule has 4 aromatic rings. The third kappa shape index (κ3) is 4.98. The summed E-state index contributed by atoms with van der Waals surface area (Å²) >= 11 is 0. The number of carbonyl (C=O) groups excluding carboxylic acids is 2. The molecule has 2 amide bonds. The third-order valence-electron chi connectivity index (χ3n) is 5.24. The van der Waals surface area contributed by atoms with E-state index in [2.05, 4.69) is 30.9 Å². The van der Waals surface area contributed by atoms with Gasteiger partial charge in [-0.05, 0) is 59.7 Å². The Balaban J connectivity index is 1.79. The number of aryl methyl sites for hydroxylation is 2. The molecule has 0 aliphatic rings. The second-order valence-corrected chi connectivity index (χ2v) is 7.88. The van der Waals surface area contributed by atoms with Crippen molar-refractivity contribution in [3.05, 3.63) is 76.0 Å². The lowest BCUT2D eigenvalue weighted by Gasteiger charge is -2.14. The van der Waals surface area contributed by atoms with E-state index < -0.39 is 30.4 Å². The maximum atomic E-state index is 13.4. The van der Waals surface area contributed by atoms with Gasteiger partial charge in [0.2, 0.25) is 0 Å². The Hall–Kier alpha value is -5.13. The summed E-state index contributed by atoms with van der Waals surface area (Å²) < 4.78 is 41.4. The number of hydrogen-bond acceptors (Lipinski definition) is 8. The topological polar surface area (TPSA) is 170 Å². The number of nitrogens with zero attached hydrogens (tertiary/aromatic N) is 8. The van der Waals surface area contributed by atoms with Gasteiger partial charge in [0.05, 0.1) is 35.1 Å². The van der Waals surface area contributed by atoms with Crippen LogP contribution < -0.4 is 11.1 Å². The highest BCUT2D eigenvalue weighted by molar-refractivity contribution is 6.09. The molecule has 0 atom stereocenters. The molecule has 0 unspecified atom stereocenters. The van der Waals surface area contributed by atoms with E-state index in [-0.39, 0.29) is 34.0 Å². The number of halogens is 3. The van der Waals surface area contributed by atoms with Crippen LogP contribution in [-0.2, 0) is 12.7 Å². The maximum absolute atomic E-state index is 13.4. The molecule has 3 heterocycles. The minimum absolute atomic E-state index is 0.0275. The summed E-state index contributed by atoms with van der Waals surface area (Å²) in [4.78, 5) is 29.6. The number of aromatic nitrogens is 7. The molecule has 15 heteroatoms. The number of amides is 2. The second kappa shape index (κ2) is 9.49. The first-order valence-corrected chi connectivity index (χ1v) is 10.5. The molecule has 0 spiro atoms. The molecule has 37 heavy (non-hydrogen) atoms. The predicted octanol–water partition coefficient (Wildman–Crippen LogP) is 2.16. The number of tetrazole rings is 1. The Morgan fingerprint density at radius 1 is 1.19 bits per heavy atom. The molecule has 0 radical (unpaired) electrons. The van der Waals surface area contributed by atoms with Gasteiger partial charge in [0.1, 0.15) is 5.69 Å². The van der Waals surface area contributed by atoms with Crippen LogP contribution >= 0.6 is 0 Å². The molecule has 0 bridgehead atoms. The fraction of sp³-hybridized carbons (Fsp3) is 0.182. The average molecular weight is 510 g/mol. The SMILES string of the molecule is Cc1cccnc1-n1nc(Cn2nnnc2C(F)(F)F)cc1C(=O)Nc1c(C)cc(C#N)cc1C(N)=O. The molecule has 12 nitrogen and oxygen atoms in total. The molecule has 0 fully saturated rings. The first-order valence-electron chi connectivity index (χ1n) is 10.5. The van der Waals surface area contributed by atoms with Crippen molar-refractivity contribution < 1.29 is 22.8 Å². The van der Waals surface area contributed by atoms with Crippen molar-refractivity contribution in [1.82, 2.24) is 35.0 Å². The van der Waals surface area contributed by atoms with Gasteiger partial charge in [-0.2, -0.15) is 23.5 Å². The highest BCUT2D eigenvalue weighted by atomic mass is 19.4. The van der Waals surface area contributed by atoms with Gasteiger partial charge in [-0.3, -0.25) is 9.59 Å². The smallest absolute Gasteiger partial charge is 0.366 e. The average Bonchev–Trinajstić information content (AvgIpc) is 3.47. The second-order valence-electron chi connectivity index (χ2n) is 7.88. The number of primary amides is 1. The minimum Gasteiger partial charge on any atom is -0.366 e. The zero-order chi connectivity index (χ0) is 26.9. The van der Waals surface area contributed by atoms with E-state index in [9.17, 15) is 28.0 Å². The minimum atomic E-state index is -4.80. The van der Waals surface area contributed by atoms with Crippen LogP contribution in [0, 0.1) is 25.2 Å². The van der Waals surface area contributed by atoms with Crippen molar-refractivity contribution in [3.8, 4) is 11.9 Å². The number of carbonyl (C=O) groups is 2. The lowest BCUT2D eigenvalue weighted by Crippen LogP contribution is -2.22. The molecular weight excluding hydrogens is 493 g/mol. The largest absolute Gasteiger partial charge is 0.453 e. The van der Waals surface area contributed by atoms with Crippen LogP contribution in [-0.4, -0.2) is 46.8 Å². The Labute approximate surface area is 206 Å². The van der Waals surface area contributed by atoms with Gasteiger partial charge in [0, 0.05) is 6.20 Å². The Kier molecular flexibility index (Phi) is 6.41. The fourth-order valence-corrected chi connectivity index (χ4v) is 3.59. The first kappa shape index (κ1) is 25.0. The van der Waals surface area contributed by atoms with Gasteiger partial charge in [0.15, 0.2) is 5.82 Å². The summed E-state index contributed by atoms with van der Waals surface area (Å²) in [5, 5.41) is 25.5. The molecule has 0 saturated carbocycles. The quantitative estimate of drug-likeness (QED) is 0.397. The van der Waals surface area contributed by atoms with E-state index in [1.54, 1.807) is 26.0 Å². The van der Waals surface area contributed by atoms with Crippen molar-refractivity contribution in [2.75, 3.05) is 5.32 Å². The van der Waals surface area contributed by atoms with Crippen molar-refractivity contribution in [1.29, 1.82) is 5.26 Å². The van der Waals surface area contributed by atoms with E-state index in [1.165, 1.54) is 29.1 Å². The zero-order valence-corrected chi connectivity index (χ0v) is 19.3. The highest BCUT2D eigenvalue weighted by Crippen LogP contribution is 2.28. The molecule has 0 saturated heterocycles. The van der Waals surface area contributed by atoms with Gasteiger partial charge >= 0.3 is 6.18 Å². The first-order chi connectivity index (χ1) is 17.5. The number of nitrogens with two attached hydrogens (primary N) is 1. The van der Waals surface area contributed by atoms with Crippen molar-refractivity contribution in [2.24, 2.45) is 5.73 Å². The molecule has 0 aliphatic heterocycles. The van der Waals surface area contributed by atoms with E-state index in [4.69, 9.17) is 5.73 Å². The van der Waals surface area contributed by atoms with Gasteiger partial charge in [0.25, 0.3) is 17.6 Å². The number of nitrogens with one attached hydrogen (secondary N) is 1. The lowest BCUT2D eigenvalue weighted by atomic mass is 10.0. The summed E-state index contributed by atoms with van der Waals surface area (Å²) in [5.41, 5.74) is 6.55. The van der Waals surface area contributed by atoms with Crippen molar-refractivity contribution in [2.45, 2.75) is 26.6 Å². The van der Waals surface area contributed by atoms with Gasteiger partial charge in [-0.25, -0.2) is 14.3 Å². The van der Waals surface area contributed by atoms with E-state index in [1.807, 2.05) is 6.07 Å². The predicted molar refractivity (Wildman–Crippen MR) is 120 cm³/mol. The van der Waals surface area contributed by atoms with Gasteiger partial charge < -0.3 is 11.1 Å². The highest BCUT2D eigenvalue weighted by Gasteiger charge is 2.38. The molecule has 188 valence electrons. The number of pyridine rings is 1. The number of hydrogen-bond donors (Lipinski definition) is 2. The van der Waals surface area contributed by atoms with Crippen LogP contribution in [0.3, 0.4) is 0 Å². The summed E-state index contributed by atoms with van der Waals surface area (Å²) in [5.74, 6) is -2.71. The van der Waals surface area contributed by atoms with Crippen LogP contribution in [0.15, 0.2) is 36.5 Å². The fourth-order valence-electron chi connectivity index (χ4n) is 3.59. The Morgan fingerprint density at radius 3 is 2.59 bits per heavy atom. The van der Waals surface area contributed by atoms with Crippen molar-refractivity contribution in [3.63, 3.8) is 0 Å². The van der Waals surface area contributed by atoms with Gasteiger partial charge in [-0.1, -0.05) is 6.07 Å². The summed E-state index contributed by atoms with van der Waals surface area (Å²) in [7, 11) is 0. The number of nitriles is 1. The molecule has 0 aliphatic carbocycles. The van der Waals surface area contributed by atoms with Gasteiger partial charge in [-0.15, -0.1) is 5.10 Å². The summed E-state index contributed by atoms with van der Waals surface area (Å²) in [6, 6.07) is 9.25. The van der Waals surface area contributed by atoms with Crippen LogP contribution in [0.1, 0.15) is 49.1 Å². The number of anilines is 1. The van der Waals surface area contributed by atoms with E-state index in [0.717, 1.165) is 0 Å². The number of benzene rings is 1. The number of alkyl halides is 3. The Bertz CT molecular complexity index is 1570. The normalized spacial score (nSPS) is 11.2. The molecular formula is C22H17F3N10O2. The summed E-state index contributed by atoms with van der Waals surface area (Å²) in [6.07, 6.45) is -3.34. The van der Waals surface area contributed by atoms with Crippen LogP contribution in [0.5, 0.6) is 0 Å². The molecule has 3 aromatic heterocycles. The molecule has 3 N–H and O–H groups in total.